The maximum atomic E-state index is 11.8. The van der Waals surface area contributed by atoms with Crippen molar-refractivity contribution in [3.05, 3.63) is 28.5 Å². The average molecular weight is 359 g/mol. The van der Waals surface area contributed by atoms with Gasteiger partial charge in [0, 0.05) is 31.5 Å². The first kappa shape index (κ1) is 15.3. The van der Waals surface area contributed by atoms with Crippen molar-refractivity contribution >= 4 is 44.5 Å². The lowest BCUT2D eigenvalue weighted by Crippen LogP contribution is -2.23. The quantitative estimate of drug-likeness (QED) is 0.784. The van der Waals surface area contributed by atoms with Crippen molar-refractivity contribution in [3.8, 4) is 0 Å². The second kappa shape index (κ2) is 6.14. The number of carbonyl (C=O) groups is 1. The van der Waals surface area contributed by atoms with Crippen LogP contribution in [0.25, 0.3) is 11.0 Å². The fourth-order valence-corrected chi connectivity index (χ4v) is 2.61. The van der Waals surface area contributed by atoms with Crippen LogP contribution in [0.5, 0.6) is 0 Å². The Balaban J connectivity index is 2.39. The third-order valence-corrected chi connectivity index (χ3v) is 3.83. The third-order valence-electron chi connectivity index (χ3n) is 3.14. The van der Waals surface area contributed by atoms with Crippen LogP contribution >= 0.6 is 27.5 Å². The summed E-state index contributed by atoms with van der Waals surface area (Å²) < 4.78 is 3.01. The van der Waals surface area contributed by atoms with E-state index in [1.807, 2.05) is 29.7 Å². The lowest BCUT2D eigenvalue weighted by atomic mass is 10.3. The molecular weight excluding hydrogens is 342 g/mol. The van der Waals surface area contributed by atoms with E-state index in [9.17, 15) is 4.79 Å². The van der Waals surface area contributed by atoms with Gasteiger partial charge >= 0.3 is 0 Å². The fraction of sp³-hybridized carbons (Fsp3) is 0.429. The molecule has 0 bridgehead atoms. The number of halogens is 2. The molecule has 1 amide bonds. The third kappa shape index (κ3) is 3.15. The smallest absolute Gasteiger partial charge is 0.223 e. The molecule has 0 aliphatic rings. The summed E-state index contributed by atoms with van der Waals surface area (Å²) >= 11 is 9.65. The predicted molar refractivity (Wildman–Crippen MR) is 85.0 cm³/mol. The van der Waals surface area contributed by atoms with E-state index in [-0.39, 0.29) is 11.3 Å². The number of benzene rings is 1. The van der Waals surface area contributed by atoms with Gasteiger partial charge in [0.1, 0.15) is 5.82 Å². The topological polar surface area (TPSA) is 38.1 Å². The van der Waals surface area contributed by atoms with E-state index < -0.39 is 0 Å². The summed E-state index contributed by atoms with van der Waals surface area (Å²) in [5.74, 6) is 0.892. The van der Waals surface area contributed by atoms with E-state index in [4.69, 9.17) is 11.6 Å². The minimum absolute atomic E-state index is 0.0946. The normalized spacial score (nSPS) is 12.7. The highest BCUT2D eigenvalue weighted by molar-refractivity contribution is 9.10. The van der Waals surface area contributed by atoms with E-state index in [1.165, 1.54) is 0 Å². The monoisotopic (exact) mass is 357 g/mol. The molecule has 1 aromatic carbocycles. The van der Waals surface area contributed by atoms with E-state index in [0.717, 1.165) is 21.3 Å². The standard InChI is InChI=1S/C14H17BrClN3O/c1-9(16)14-17-11-8-10(15)4-5-12(11)19(14)7-6-13(20)18(2)3/h4-5,8-9H,6-7H2,1-3H3. The predicted octanol–water partition coefficient (Wildman–Crippen LogP) is 3.58. The zero-order valence-corrected chi connectivity index (χ0v) is 14.1. The van der Waals surface area contributed by atoms with Gasteiger partial charge in [-0.15, -0.1) is 11.6 Å². The molecule has 0 radical (unpaired) electrons. The summed E-state index contributed by atoms with van der Waals surface area (Å²) in [4.78, 5) is 17.9. The van der Waals surface area contributed by atoms with Crippen molar-refractivity contribution in [3.63, 3.8) is 0 Å². The van der Waals surface area contributed by atoms with Crippen molar-refractivity contribution in [1.82, 2.24) is 14.5 Å². The molecule has 0 saturated heterocycles. The molecule has 108 valence electrons. The van der Waals surface area contributed by atoms with Crippen LogP contribution in [0.1, 0.15) is 24.5 Å². The zero-order chi connectivity index (χ0) is 14.9. The number of hydrogen-bond donors (Lipinski definition) is 0. The molecular formula is C14H17BrClN3O. The molecule has 6 heteroatoms. The van der Waals surface area contributed by atoms with Crippen LogP contribution in [0.3, 0.4) is 0 Å². The number of aromatic nitrogens is 2. The van der Waals surface area contributed by atoms with Crippen LogP contribution in [-0.4, -0.2) is 34.5 Å². The van der Waals surface area contributed by atoms with Gasteiger partial charge in [0.25, 0.3) is 0 Å². The molecule has 2 rings (SSSR count). The van der Waals surface area contributed by atoms with E-state index >= 15 is 0 Å². The highest BCUT2D eigenvalue weighted by Crippen LogP contribution is 2.26. The minimum Gasteiger partial charge on any atom is -0.349 e. The van der Waals surface area contributed by atoms with Crippen molar-refractivity contribution in [2.24, 2.45) is 0 Å². The minimum atomic E-state index is -0.198. The lowest BCUT2D eigenvalue weighted by molar-refractivity contribution is -0.128. The zero-order valence-electron chi connectivity index (χ0n) is 11.7. The molecule has 0 aliphatic carbocycles. The van der Waals surface area contributed by atoms with E-state index in [1.54, 1.807) is 19.0 Å². The van der Waals surface area contributed by atoms with Crippen molar-refractivity contribution < 1.29 is 4.79 Å². The molecule has 2 aromatic rings. The molecule has 0 aliphatic heterocycles. The van der Waals surface area contributed by atoms with Crippen molar-refractivity contribution in [1.29, 1.82) is 0 Å². The summed E-state index contributed by atoms with van der Waals surface area (Å²) in [7, 11) is 3.52. The van der Waals surface area contributed by atoms with Crippen LogP contribution in [0.4, 0.5) is 0 Å². The first-order valence-corrected chi connectivity index (χ1v) is 7.63. The molecule has 20 heavy (non-hydrogen) atoms. The number of alkyl halides is 1. The SMILES string of the molecule is CC(Cl)c1nc2cc(Br)ccc2n1CCC(=O)N(C)C. The van der Waals surface area contributed by atoms with Crippen LogP contribution in [-0.2, 0) is 11.3 Å². The van der Waals surface area contributed by atoms with Crippen LogP contribution < -0.4 is 0 Å². The van der Waals surface area contributed by atoms with Gasteiger partial charge in [0.2, 0.25) is 5.91 Å². The number of carbonyl (C=O) groups excluding carboxylic acids is 1. The Kier molecular flexibility index (Phi) is 4.70. The number of fused-ring (bicyclic) bond motifs is 1. The Labute approximate surface area is 131 Å². The largest absolute Gasteiger partial charge is 0.349 e. The first-order valence-electron chi connectivity index (χ1n) is 6.40. The Hall–Kier alpha value is -1.07. The molecule has 1 aromatic heterocycles. The fourth-order valence-electron chi connectivity index (χ4n) is 2.09. The summed E-state index contributed by atoms with van der Waals surface area (Å²) in [6, 6.07) is 5.93. The molecule has 0 spiro atoms. The molecule has 1 unspecified atom stereocenters. The van der Waals surface area contributed by atoms with Crippen molar-refractivity contribution in [2.75, 3.05) is 14.1 Å². The van der Waals surface area contributed by atoms with Crippen LogP contribution in [0, 0.1) is 0 Å². The number of rotatable bonds is 4. The molecule has 1 atom stereocenters. The highest BCUT2D eigenvalue weighted by atomic mass is 79.9. The summed E-state index contributed by atoms with van der Waals surface area (Å²) in [6.07, 6.45) is 0.436. The molecule has 0 N–H and O–H groups in total. The highest BCUT2D eigenvalue weighted by Gasteiger charge is 2.16. The number of amides is 1. The summed E-state index contributed by atoms with van der Waals surface area (Å²) in [5.41, 5.74) is 1.89. The van der Waals surface area contributed by atoms with Gasteiger partial charge in [-0.05, 0) is 25.1 Å². The van der Waals surface area contributed by atoms with Crippen LogP contribution in [0.15, 0.2) is 22.7 Å². The molecule has 4 nitrogen and oxygen atoms in total. The Morgan fingerprint density at radius 1 is 1.50 bits per heavy atom. The van der Waals surface area contributed by atoms with Gasteiger partial charge in [0.15, 0.2) is 0 Å². The average Bonchev–Trinajstić information content (AvgIpc) is 2.73. The summed E-state index contributed by atoms with van der Waals surface area (Å²) in [5, 5.41) is -0.198. The molecule has 0 saturated carbocycles. The van der Waals surface area contributed by atoms with E-state index in [0.29, 0.717) is 13.0 Å². The van der Waals surface area contributed by atoms with E-state index in [2.05, 4.69) is 20.9 Å². The number of nitrogens with zero attached hydrogens (tertiary/aromatic N) is 3. The number of imidazole rings is 1. The maximum Gasteiger partial charge on any atom is 0.223 e. The van der Waals surface area contributed by atoms with Gasteiger partial charge in [-0.25, -0.2) is 4.98 Å². The van der Waals surface area contributed by atoms with Gasteiger partial charge in [-0.3, -0.25) is 4.79 Å². The Morgan fingerprint density at radius 2 is 2.20 bits per heavy atom. The summed E-state index contributed by atoms with van der Waals surface area (Å²) in [6.45, 7) is 2.48. The number of hydrogen-bond acceptors (Lipinski definition) is 2. The van der Waals surface area contributed by atoms with Crippen LogP contribution in [0.2, 0.25) is 0 Å². The maximum absolute atomic E-state index is 11.8. The first-order chi connectivity index (χ1) is 9.40. The second-order valence-corrected chi connectivity index (χ2v) is 6.48. The van der Waals surface area contributed by atoms with Gasteiger partial charge in [-0.1, -0.05) is 15.9 Å². The number of aryl methyl sites for hydroxylation is 1. The Bertz CT molecular complexity index is 637. The van der Waals surface area contributed by atoms with Crippen molar-refractivity contribution in [2.45, 2.75) is 25.3 Å². The molecule has 1 heterocycles. The lowest BCUT2D eigenvalue weighted by Gasteiger charge is -2.13. The Morgan fingerprint density at radius 3 is 2.80 bits per heavy atom. The van der Waals surface area contributed by atoms with Gasteiger partial charge in [0.05, 0.1) is 16.4 Å². The van der Waals surface area contributed by atoms with Gasteiger partial charge < -0.3 is 9.47 Å². The second-order valence-electron chi connectivity index (χ2n) is 4.91. The molecule has 0 fully saturated rings. The van der Waals surface area contributed by atoms with Gasteiger partial charge in [-0.2, -0.15) is 0 Å².